The maximum Gasteiger partial charge on any atom is 0.406 e. The lowest BCUT2D eigenvalue weighted by Gasteiger charge is -2.27. The number of hydrogen-bond acceptors (Lipinski definition) is 2. The van der Waals surface area contributed by atoms with Crippen LogP contribution in [-0.2, 0) is 4.79 Å². The molecule has 120 valence electrons. The first-order valence-corrected chi connectivity index (χ1v) is 6.51. The van der Waals surface area contributed by atoms with Crippen molar-refractivity contribution in [2.45, 2.75) is 12.6 Å². The van der Waals surface area contributed by atoms with Gasteiger partial charge in [0.1, 0.15) is 5.82 Å². The van der Waals surface area contributed by atoms with Crippen molar-refractivity contribution in [1.82, 2.24) is 4.90 Å². The zero-order chi connectivity index (χ0) is 16.7. The van der Waals surface area contributed by atoms with Crippen molar-refractivity contribution in [2.75, 3.05) is 13.1 Å². The monoisotopic (exact) mass is 339 g/mol. The molecule has 1 saturated heterocycles. The molecular weight excluding hydrogens is 330 g/mol. The molecule has 0 bridgehead atoms. The molecule has 1 heterocycles. The maximum atomic E-state index is 13.3. The largest absolute Gasteiger partial charge is 0.481 e. The number of hydrogen-bond donors (Lipinski definition) is 1. The second kappa shape index (κ2) is 5.42. The van der Waals surface area contributed by atoms with Crippen LogP contribution in [0.5, 0.6) is 0 Å². The van der Waals surface area contributed by atoms with Gasteiger partial charge in [0.15, 0.2) is 5.41 Å². The summed E-state index contributed by atoms with van der Waals surface area (Å²) in [6.45, 7) is -1.44. The molecule has 1 atom stereocenters. The van der Waals surface area contributed by atoms with E-state index in [1.807, 2.05) is 0 Å². The van der Waals surface area contributed by atoms with Crippen LogP contribution in [0.15, 0.2) is 18.2 Å². The van der Waals surface area contributed by atoms with Crippen LogP contribution >= 0.6 is 11.6 Å². The highest BCUT2D eigenvalue weighted by Gasteiger charge is 2.64. The van der Waals surface area contributed by atoms with Gasteiger partial charge in [0, 0.05) is 13.1 Å². The van der Waals surface area contributed by atoms with Gasteiger partial charge in [-0.25, -0.2) is 4.39 Å². The minimum absolute atomic E-state index is 0.301. The SMILES string of the molecule is O=C(c1cccc(F)c1Cl)N1CCC(C(=O)O)(C(F)(F)F)C1. The molecule has 1 aromatic rings. The van der Waals surface area contributed by atoms with Crippen LogP contribution in [0.25, 0.3) is 0 Å². The van der Waals surface area contributed by atoms with Gasteiger partial charge in [-0.05, 0) is 18.6 Å². The van der Waals surface area contributed by atoms with Crippen LogP contribution in [0.2, 0.25) is 5.02 Å². The summed E-state index contributed by atoms with van der Waals surface area (Å²) in [7, 11) is 0. The van der Waals surface area contributed by atoms with Gasteiger partial charge in [0.2, 0.25) is 0 Å². The van der Waals surface area contributed by atoms with E-state index < -0.39 is 53.8 Å². The maximum absolute atomic E-state index is 13.3. The highest BCUT2D eigenvalue weighted by atomic mass is 35.5. The van der Waals surface area contributed by atoms with Gasteiger partial charge in [-0.15, -0.1) is 0 Å². The Hall–Kier alpha value is -1.83. The van der Waals surface area contributed by atoms with Crippen LogP contribution in [0.3, 0.4) is 0 Å². The van der Waals surface area contributed by atoms with Crippen molar-refractivity contribution < 1.29 is 32.3 Å². The summed E-state index contributed by atoms with van der Waals surface area (Å²) >= 11 is 5.63. The Balaban J connectivity index is 2.31. The van der Waals surface area contributed by atoms with Gasteiger partial charge in [-0.3, -0.25) is 9.59 Å². The zero-order valence-corrected chi connectivity index (χ0v) is 11.7. The molecule has 0 saturated carbocycles. The molecule has 0 aliphatic carbocycles. The summed E-state index contributed by atoms with van der Waals surface area (Å²) in [6.07, 6.45) is -5.76. The average molecular weight is 340 g/mol. The Morgan fingerprint density at radius 2 is 1.95 bits per heavy atom. The van der Waals surface area contributed by atoms with Gasteiger partial charge in [-0.1, -0.05) is 17.7 Å². The first kappa shape index (κ1) is 16.5. The minimum Gasteiger partial charge on any atom is -0.481 e. The molecule has 0 radical (unpaired) electrons. The number of carboxylic acids is 1. The number of rotatable bonds is 2. The minimum atomic E-state index is -5.00. The van der Waals surface area contributed by atoms with E-state index in [4.69, 9.17) is 16.7 Å². The molecule has 22 heavy (non-hydrogen) atoms. The molecule has 1 aromatic carbocycles. The molecule has 1 unspecified atom stereocenters. The first-order valence-electron chi connectivity index (χ1n) is 6.13. The van der Waals surface area contributed by atoms with E-state index in [0.717, 1.165) is 11.0 Å². The highest BCUT2D eigenvalue weighted by Crippen LogP contribution is 2.46. The van der Waals surface area contributed by atoms with Crippen LogP contribution in [0.1, 0.15) is 16.8 Å². The summed E-state index contributed by atoms with van der Waals surface area (Å²) in [5.74, 6) is -3.86. The van der Waals surface area contributed by atoms with E-state index >= 15 is 0 Å². The fraction of sp³-hybridized carbons (Fsp3) is 0.385. The summed E-state index contributed by atoms with van der Waals surface area (Å²) in [4.78, 5) is 23.9. The standard InChI is InChI=1S/C13H10ClF4NO3/c14-9-7(2-1-3-8(9)15)10(20)19-5-4-12(6-19,11(21)22)13(16,17)18/h1-3H,4-6H2,(H,21,22). The third-order valence-electron chi connectivity index (χ3n) is 3.69. The topological polar surface area (TPSA) is 57.6 Å². The molecule has 9 heteroatoms. The number of carboxylic acid groups (broad SMARTS) is 1. The third-order valence-corrected chi connectivity index (χ3v) is 4.07. The summed E-state index contributed by atoms with van der Waals surface area (Å²) in [5.41, 5.74) is -3.31. The van der Waals surface area contributed by atoms with E-state index in [0.29, 0.717) is 0 Å². The smallest absolute Gasteiger partial charge is 0.406 e. The number of benzene rings is 1. The number of amides is 1. The first-order chi connectivity index (χ1) is 10.1. The van der Waals surface area contributed by atoms with Crippen LogP contribution in [0.4, 0.5) is 17.6 Å². The number of nitrogens with zero attached hydrogens (tertiary/aromatic N) is 1. The molecule has 1 aliphatic heterocycles. The Kier molecular flexibility index (Phi) is 4.08. The van der Waals surface area contributed by atoms with Crippen molar-refractivity contribution >= 4 is 23.5 Å². The molecular formula is C13H10ClF4NO3. The van der Waals surface area contributed by atoms with Crippen LogP contribution < -0.4 is 0 Å². The molecule has 2 rings (SSSR count). The van der Waals surface area contributed by atoms with E-state index in [1.165, 1.54) is 12.1 Å². The molecule has 1 amide bonds. The van der Waals surface area contributed by atoms with Crippen molar-refractivity contribution in [2.24, 2.45) is 5.41 Å². The highest BCUT2D eigenvalue weighted by molar-refractivity contribution is 6.34. The Labute approximate surface area is 127 Å². The van der Waals surface area contributed by atoms with E-state index in [-0.39, 0.29) is 5.56 Å². The second-order valence-corrected chi connectivity index (χ2v) is 5.34. The van der Waals surface area contributed by atoms with Gasteiger partial charge >= 0.3 is 12.1 Å². The van der Waals surface area contributed by atoms with Gasteiger partial charge in [0.05, 0.1) is 10.6 Å². The second-order valence-electron chi connectivity index (χ2n) is 4.96. The lowest BCUT2D eigenvalue weighted by Crippen LogP contribution is -2.47. The molecule has 1 fully saturated rings. The summed E-state index contributed by atoms with van der Waals surface area (Å²) in [6, 6.07) is 3.36. The Morgan fingerprint density at radius 1 is 1.32 bits per heavy atom. The number of alkyl halides is 3. The number of halogens is 5. The van der Waals surface area contributed by atoms with E-state index in [1.54, 1.807) is 0 Å². The lowest BCUT2D eigenvalue weighted by molar-refractivity contribution is -0.227. The van der Waals surface area contributed by atoms with Gasteiger partial charge < -0.3 is 10.0 Å². The normalized spacial score (nSPS) is 22.0. The molecule has 0 aromatic heterocycles. The Bertz CT molecular complexity index is 634. The van der Waals surface area contributed by atoms with Gasteiger partial charge in [0.25, 0.3) is 5.91 Å². The zero-order valence-electron chi connectivity index (χ0n) is 11.0. The van der Waals surface area contributed by atoms with E-state index in [9.17, 15) is 27.2 Å². The predicted octanol–water partition coefficient (Wildman–Crippen LogP) is 2.96. The Morgan fingerprint density at radius 3 is 2.45 bits per heavy atom. The number of aliphatic carboxylic acids is 1. The van der Waals surface area contributed by atoms with Crippen molar-refractivity contribution in [1.29, 1.82) is 0 Å². The van der Waals surface area contributed by atoms with E-state index in [2.05, 4.69) is 0 Å². The fourth-order valence-corrected chi connectivity index (χ4v) is 2.56. The predicted molar refractivity (Wildman–Crippen MR) is 68.1 cm³/mol. The quantitative estimate of drug-likeness (QED) is 0.843. The van der Waals surface area contributed by atoms with Gasteiger partial charge in [-0.2, -0.15) is 13.2 Å². The molecule has 1 aliphatic rings. The van der Waals surface area contributed by atoms with Crippen molar-refractivity contribution in [3.05, 3.63) is 34.6 Å². The van der Waals surface area contributed by atoms with Crippen LogP contribution in [0, 0.1) is 11.2 Å². The number of carbonyl (C=O) groups is 2. The van der Waals surface area contributed by atoms with Crippen molar-refractivity contribution in [3.63, 3.8) is 0 Å². The lowest BCUT2D eigenvalue weighted by atomic mass is 9.86. The van der Waals surface area contributed by atoms with Crippen molar-refractivity contribution in [3.8, 4) is 0 Å². The summed E-state index contributed by atoms with van der Waals surface area (Å²) < 4.78 is 52.5. The molecule has 4 nitrogen and oxygen atoms in total. The average Bonchev–Trinajstić information content (AvgIpc) is 2.87. The fourth-order valence-electron chi connectivity index (χ4n) is 2.35. The van der Waals surface area contributed by atoms with Crippen LogP contribution in [-0.4, -0.2) is 41.1 Å². The number of carbonyl (C=O) groups excluding carboxylic acids is 1. The molecule has 1 N–H and O–H groups in total. The third kappa shape index (κ3) is 2.51. The number of likely N-dealkylation sites (tertiary alicyclic amines) is 1. The molecule has 0 spiro atoms. The summed E-state index contributed by atoms with van der Waals surface area (Å²) in [5, 5.41) is 8.42.